The molecule has 0 aliphatic rings. The molecular weight excluding hydrogens is 298 g/mol. The fourth-order valence-corrected chi connectivity index (χ4v) is 2.74. The molecule has 2 aromatic heterocycles. The third kappa shape index (κ3) is 2.55. The number of fused-ring (bicyclic) bond motifs is 1. The molecule has 0 saturated carbocycles. The van der Waals surface area contributed by atoms with Crippen LogP contribution in [0.3, 0.4) is 0 Å². The maximum atomic E-state index is 6.09. The molecule has 22 heavy (non-hydrogen) atoms. The standard InChI is InChI=1S/C16H16ClN5/c1-8-3-4-12(17)6-10(8)5-11-7-20-15-13(9(11)2)14(18)21-16(19)22-15/h3-4,6-7H,5H2,1-2H3,(H4,18,19,20,21,22). The molecule has 0 radical (unpaired) electrons. The van der Waals surface area contributed by atoms with Gasteiger partial charge in [0.2, 0.25) is 5.95 Å². The van der Waals surface area contributed by atoms with Crippen LogP contribution < -0.4 is 11.5 Å². The smallest absolute Gasteiger partial charge is 0.224 e. The van der Waals surface area contributed by atoms with Crippen molar-refractivity contribution in [3.8, 4) is 0 Å². The first-order chi connectivity index (χ1) is 10.5. The molecule has 0 atom stereocenters. The molecule has 0 amide bonds. The van der Waals surface area contributed by atoms with Crippen LogP contribution >= 0.6 is 11.6 Å². The Morgan fingerprint density at radius 1 is 1.09 bits per heavy atom. The van der Waals surface area contributed by atoms with Crippen molar-refractivity contribution in [3.05, 3.63) is 51.7 Å². The summed E-state index contributed by atoms with van der Waals surface area (Å²) < 4.78 is 0. The number of halogens is 1. The lowest BCUT2D eigenvalue weighted by atomic mass is 9.97. The van der Waals surface area contributed by atoms with E-state index >= 15 is 0 Å². The Bertz CT molecular complexity index is 876. The summed E-state index contributed by atoms with van der Waals surface area (Å²) >= 11 is 6.09. The van der Waals surface area contributed by atoms with Crippen LogP contribution in [-0.4, -0.2) is 15.0 Å². The molecule has 0 spiro atoms. The average Bonchev–Trinajstić information content (AvgIpc) is 2.45. The van der Waals surface area contributed by atoms with Gasteiger partial charge in [-0.3, -0.25) is 0 Å². The normalized spacial score (nSPS) is 11.0. The number of hydrogen-bond acceptors (Lipinski definition) is 5. The zero-order valence-electron chi connectivity index (χ0n) is 12.4. The number of nitrogens with two attached hydrogens (primary N) is 2. The van der Waals surface area contributed by atoms with Crippen molar-refractivity contribution in [3.63, 3.8) is 0 Å². The Morgan fingerprint density at radius 3 is 2.64 bits per heavy atom. The van der Waals surface area contributed by atoms with Crippen LogP contribution in [0.2, 0.25) is 5.02 Å². The highest BCUT2D eigenvalue weighted by atomic mass is 35.5. The average molecular weight is 314 g/mol. The van der Waals surface area contributed by atoms with Crippen molar-refractivity contribution in [1.29, 1.82) is 0 Å². The first-order valence-corrected chi connectivity index (χ1v) is 7.25. The summed E-state index contributed by atoms with van der Waals surface area (Å²) in [4.78, 5) is 12.5. The predicted molar refractivity (Wildman–Crippen MR) is 89.9 cm³/mol. The Labute approximate surface area is 133 Å². The van der Waals surface area contributed by atoms with Crippen LogP contribution in [0.15, 0.2) is 24.4 Å². The van der Waals surface area contributed by atoms with E-state index in [-0.39, 0.29) is 5.95 Å². The lowest BCUT2D eigenvalue weighted by Crippen LogP contribution is -2.05. The van der Waals surface area contributed by atoms with E-state index < -0.39 is 0 Å². The summed E-state index contributed by atoms with van der Waals surface area (Å²) in [7, 11) is 0. The monoisotopic (exact) mass is 313 g/mol. The molecule has 5 nitrogen and oxygen atoms in total. The van der Waals surface area contributed by atoms with E-state index in [1.54, 1.807) is 0 Å². The van der Waals surface area contributed by atoms with Crippen LogP contribution in [-0.2, 0) is 6.42 Å². The fraction of sp³-hybridized carbons (Fsp3) is 0.188. The highest BCUT2D eigenvalue weighted by molar-refractivity contribution is 6.30. The summed E-state index contributed by atoms with van der Waals surface area (Å²) in [5.74, 6) is 0.493. The van der Waals surface area contributed by atoms with E-state index in [2.05, 4.69) is 21.9 Å². The molecule has 0 aliphatic carbocycles. The number of rotatable bonds is 2. The number of nitrogen functional groups attached to an aromatic ring is 2. The Morgan fingerprint density at radius 2 is 1.86 bits per heavy atom. The highest BCUT2D eigenvalue weighted by Gasteiger charge is 2.12. The zero-order valence-corrected chi connectivity index (χ0v) is 13.1. The molecule has 0 fully saturated rings. The molecule has 3 aromatic rings. The molecule has 0 saturated heterocycles. The third-order valence-corrected chi connectivity index (χ3v) is 4.06. The van der Waals surface area contributed by atoms with Crippen LogP contribution in [0, 0.1) is 13.8 Å². The quantitative estimate of drug-likeness (QED) is 0.758. The van der Waals surface area contributed by atoms with Crippen LogP contribution in [0.5, 0.6) is 0 Å². The van der Waals surface area contributed by atoms with Gasteiger partial charge in [-0.25, -0.2) is 4.98 Å². The lowest BCUT2D eigenvalue weighted by molar-refractivity contribution is 1.10. The minimum Gasteiger partial charge on any atom is -0.383 e. The van der Waals surface area contributed by atoms with E-state index in [0.29, 0.717) is 11.5 Å². The third-order valence-electron chi connectivity index (χ3n) is 3.83. The number of aromatic nitrogens is 3. The van der Waals surface area contributed by atoms with Gasteiger partial charge in [-0.05, 0) is 54.7 Å². The minimum absolute atomic E-state index is 0.135. The van der Waals surface area contributed by atoms with Crippen LogP contribution in [0.1, 0.15) is 22.3 Å². The number of pyridine rings is 1. The van der Waals surface area contributed by atoms with Gasteiger partial charge >= 0.3 is 0 Å². The summed E-state index contributed by atoms with van der Waals surface area (Å²) in [6.45, 7) is 4.06. The summed E-state index contributed by atoms with van der Waals surface area (Å²) in [6, 6.07) is 5.88. The van der Waals surface area contributed by atoms with Gasteiger partial charge in [0.25, 0.3) is 0 Å². The largest absolute Gasteiger partial charge is 0.383 e. The molecular formula is C16H16ClN5. The summed E-state index contributed by atoms with van der Waals surface area (Å²) in [5.41, 5.74) is 16.5. The number of anilines is 2. The number of benzene rings is 1. The van der Waals surface area contributed by atoms with Crippen molar-refractivity contribution in [2.24, 2.45) is 0 Å². The molecule has 3 rings (SSSR count). The second-order valence-electron chi connectivity index (χ2n) is 5.32. The van der Waals surface area contributed by atoms with E-state index in [4.69, 9.17) is 23.1 Å². The molecule has 6 heteroatoms. The first-order valence-electron chi connectivity index (χ1n) is 6.88. The topological polar surface area (TPSA) is 90.7 Å². The van der Waals surface area contributed by atoms with Gasteiger partial charge < -0.3 is 11.5 Å². The van der Waals surface area contributed by atoms with Gasteiger partial charge in [0.05, 0.1) is 5.39 Å². The molecule has 2 heterocycles. The lowest BCUT2D eigenvalue weighted by Gasteiger charge is -2.12. The molecule has 112 valence electrons. The van der Waals surface area contributed by atoms with Crippen LogP contribution in [0.4, 0.5) is 11.8 Å². The van der Waals surface area contributed by atoms with E-state index in [1.807, 2.05) is 31.3 Å². The van der Waals surface area contributed by atoms with Crippen molar-refractivity contribution >= 4 is 34.4 Å². The van der Waals surface area contributed by atoms with Gasteiger partial charge in [0, 0.05) is 11.2 Å². The van der Waals surface area contributed by atoms with Crippen molar-refractivity contribution in [2.45, 2.75) is 20.3 Å². The van der Waals surface area contributed by atoms with Crippen molar-refractivity contribution in [2.75, 3.05) is 11.5 Å². The number of nitrogens with zero attached hydrogens (tertiary/aromatic N) is 3. The molecule has 4 N–H and O–H groups in total. The van der Waals surface area contributed by atoms with Crippen LogP contribution in [0.25, 0.3) is 11.0 Å². The number of aryl methyl sites for hydroxylation is 2. The summed E-state index contributed by atoms with van der Waals surface area (Å²) in [6.07, 6.45) is 2.54. The highest BCUT2D eigenvalue weighted by Crippen LogP contribution is 2.26. The Kier molecular flexibility index (Phi) is 3.58. The van der Waals surface area contributed by atoms with Gasteiger partial charge in [0.15, 0.2) is 5.65 Å². The van der Waals surface area contributed by atoms with Gasteiger partial charge in [-0.15, -0.1) is 0 Å². The van der Waals surface area contributed by atoms with Gasteiger partial charge in [0.1, 0.15) is 5.82 Å². The predicted octanol–water partition coefficient (Wildman–Crippen LogP) is 3.05. The SMILES string of the molecule is Cc1ccc(Cl)cc1Cc1cnc2nc(N)nc(N)c2c1C. The van der Waals surface area contributed by atoms with Gasteiger partial charge in [-0.2, -0.15) is 9.97 Å². The fourth-order valence-electron chi connectivity index (χ4n) is 2.55. The Hall–Kier alpha value is -2.40. The summed E-state index contributed by atoms with van der Waals surface area (Å²) in [5, 5.41) is 1.48. The zero-order chi connectivity index (χ0) is 15.9. The molecule has 0 unspecified atom stereocenters. The Balaban J connectivity index is 2.12. The van der Waals surface area contributed by atoms with Crippen molar-refractivity contribution in [1.82, 2.24) is 15.0 Å². The molecule has 0 aliphatic heterocycles. The second kappa shape index (κ2) is 5.42. The van der Waals surface area contributed by atoms with Crippen molar-refractivity contribution < 1.29 is 0 Å². The van der Waals surface area contributed by atoms with Gasteiger partial charge in [-0.1, -0.05) is 17.7 Å². The van der Waals surface area contributed by atoms with E-state index in [1.165, 1.54) is 5.56 Å². The molecule has 0 bridgehead atoms. The first kappa shape index (κ1) is 14.5. The van der Waals surface area contributed by atoms with E-state index in [9.17, 15) is 0 Å². The maximum Gasteiger partial charge on any atom is 0.224 e. The molecule has 1 aromatic carbocycles. The number of hydrogen-bond donors (Lipinski definition) is 2. The second-order valence-corrected chi connectivity index (χ2v) is 5.76. The maximum absolute atomic E-state index is 6.09. The minimum atomic E-state index is 0.135. The van der Waals surface area contributed by atoms with E-state index in [0.717, 1.165) is 33.5 Å².